The summed E-state index contributed by atoms with van der Waals surface area (Å²) in [4.78, 5) is 0. The molecule has 0 amide bonds. The fraction of sp³-hybridized carbons (Fsp3) is 0.391. The monoisotopic (exact) mass is 448 g/mol. The van der Waals surface area contributed by atoms with Gasteiger partial charge in [0, 0.05) is 0 Å². The van der Waals surface area contributed by atoms with Gasteiger partial charge in [-0.05, 0) is 0 Å². The molecule has 1 N–H and O–H groups in total. The van der Waals surface area contributed by atoms with Crippen molar-refractivity contribution in [2.45, 2.75) is 26.3 Å². The molecular formula is C23H32MoN3. The molecule has 0 unspecified atom stereocenters. The molecule has 2 aromatic carbocycles. The summed E-state index contributed by atoms with van der Waals surface area (Å²) in [5.74, 6) is 0. The second-order valence-electron chi connectivity index (χ2n) is 8.40. The molecule has 3 rings (SSSR count). The van der Waals surface area contributed by atoms with Crippen molar-refractivity contribution in [2.75, 3.05) is 34.7 Å². The maximum absolute atomic E-state index is 3.61. The molecule has 0 bridgehead atoms. The third-order valence-corrected chi connectivity index (χ3v) is 10.0. The Labute approximate surface area is 169 Å². The topological polar surface area (TPSA) is 18.5 Å². The van der Waals surface area contributed by atoms with Crippen LogP contribution in [0.1, 0.15) is 26.3 Å². The van der Waals surface area contributed by atoms with Gasteiger partial charge in [0.15, 0.2) is 0 Å². The summed E-state index contributed by atoms with van der Waals surface area (Å²) in [6, 6.07) is 13.4. The number of benzene rings is 2. The van der Waals surface area contributed by atoms with Crippen LogP contribution in [0, 0.1) is 10.4 Å². The first-order valence-corrected chi connectivity index (χ1v) is 12.3. The van der Waals surface area contributed by atoms with Gasteiger partial charge >= 0.3 is 170 Å². The Morgan fingerprint density at radius 2 is 1.59 bits per heavy atom. The Kier molecular flexibility index (Phi) is 6.07. The molecule has 3 nitrogen and oxygen atoms in total. The SMILES string of the molecule is C[N](C)[Mo]([c]1c2c(ccc1=CCNC(C)(C)C)=c1ccccc1=C2)[N](C)C. The molecule has 1 aliphatic carbocycles. The molecule has 0 aliphatic heterocycles. The fourth-order valence-electron chi connectivity index (χ4n) is 3.54. The van der Waals surface area contributed by atoms with Gasteiger partial charge in [-0.1, -0.05) is 0 Å². The maximum atomic E-state index is 3.61. The zero-order valence-electron chi connectivity index (χ0n) is 17.6. The van der Waals surface area contributed by atoms with E-state index in [1.165, 1.54) is 26.4 Å². The number of rotatable bonds is 5. The van der Waals surface area contributed by atoms with Crippen LogP contribution in [-0.2, 0) is 17.8 Å². The summed E-state index contributed by atoms with van der Waals surface area (Å²) in [5, 5.41) is 9.08. The van der Waals surface area contributed by atoms with Crippen molar-refractivity contribution in [2.24, 2.45) is 0 Å². The molecule has 1 aliphatic rings. The zero-order chi connectivity index (χ0) is 19.8. The summed E-state index contributed by atoms with van der Waals surface area (Å²) in [6.45, 7) is 7.53. The van der Waals surface area contributed by atoms with Crippen molar-refractivity contribution in [1.82, 2.24) is 12.2 Å². The normalized spacial score (nSPS) is 14.1. The van der Waals surface area contributed by atoms with E-state index in [0.29, 0.717) is 0 Å². The zero-order valence-corrected chi connectivity index (χ0v) is 19.6. The second kappa shape index (κ2) is 8.01. The number of hydrogen-bond donors (Lipinski definition) is 1. The van der Waals surface area contributed by atoms with E-state index in [4.69, 9.17) is 0 Å². The van der Waals surface area contributed by atoms with Crippen LogP contribution in [0.5, 0.6) is 0 Å². The van der Waals surface area contributed by atoms with E-state index in [9.17, 15) is 0 Å². The molecule has 0 saturated carbocycles. The number of nitrogens with zero attached hydrogens (tertiary/aromatic N) is 2. The van der Waals surface area contributed by atoms with Crippen molar-refractivity contribution in [3.8, 4) is 0 Å². The van der Waals surface area contributed by atoms with E-state index < -0.39 is 17.8 Å². The van der Waals surface area contributed by atoms with E-state index in [2.05, 4.69) is 110 Å². The van der Waals surface area contributed by atoms with Crippen molar-refractivity contribution in [3.63, 3.8) is 0 Å². The van der Waals surface area contributed by atoms with Gasteiger partial charge in [0.25, 0.3) is 0 Å². The third kappa shape index (κ3) is 4.43. The Balaban J connectivity index is 2.26. The molecule has 0 spiro atoms. The molecule has 0 atom stereocenters. The van der Waals surface area contributed by atoms with Crippen LogP contribution in [0.4, 0.5) is 0 Å². The summed E-state index contributed by atoms with van der Waals surface area (Å²) in [5.41, 5.74) is 1.55. The average molecular weight is 446 g/mol. The first kappa shape index (κ1) is 20.5. The molecular weight excluding hydrogens is 414 g/mol. The van der Waals surface area contributed by atoms with Gasteiger partial charge in [0.1, 0.15) is 0 Å². The van der Waals surface area contributed by atoms with Gasteiger partial charge in [-0.3, -0.25) is 0 Å². The first-order valence-electron chi connectivity index (χ1n) is 9.47. The van der Waals surface area contributed by atoms with Crippen molar-refractivity contribution < 1.29 is 17.8 Å². The minimum atomic E-state index is -1.84. The van der Waals surface area contributed by atoms with Gasteiger partial charge in [-0.25, -0.2) is 0 Å². The molecule has 0 radical (unpaired) electrons. The van der Waals surface area contributed by atoms with Crippen LogP contribution in [-0.4, -0.2) is 47.2 Å². The predicted molar refractivity (Wildman–Crippen MR) is 113 cm³/mol. The average Bonchev–Trinajstić information content (AvgIpc) is 2.93. The van der Waals surface area contributed by atoms with Gasteiger partial charge in [-0.15, -0.1) is 0 Å². The Hall–Kier alpha value is -1.25. The van der Waals surface area contributed by atoms with Crippen LogP contribution < -0.4 is 19.7 Å². The number of fused-ring (bicyclic) bond motifs is 2. The van der Waals surface area contributed by atoms with Gasteiger partial charge in [0.05, 0.1) is 0 Å². The van der Waals surface area contributed by atoms with Crippen molar-refractivity contribution >= 4 is 16.1 Å². The molecule has 145 valence electrons. The summed E-state index contributed by atoms with van der Waals surface area (Å²) in [6.07, 6.45) is 4.77. The van der Waals surface area contributed by atoms with Crippen molar-refractivity contribution in [1.29, 1.82) is 0 Å². The standard InChI is InChI=1S/C19H20N.2C2H6N.Mo/c1-19(2,3)20-11-10-14-8-9-18-16(12-14)13-15-6-4-5-7-17(15)18;2*1-3-2;/h4-10,13,20H,11H2,1-3H3;2*1-2H3;/q;2*-1;+2. The fourth-order valence-corrected chi connectivity index (χ4v) is 8.73. The molecule has 4 heteroatoms. The Morgan fingerprint density at radius 3 is 2.22 bits per heavy atom. The second-order valence-corrected chi connectivity index (χ2v) is 14.3. The number of nitrogens with one attached hydrogen (secondary N) is 1. The Bertz CT molecular complexity index is 1020. The molecule has 0 aromatic heterocycles. The molecule has 0 heterocycles. The predicted octanol–water partition coefficient (Wildman–Crippen LogP) is 1.48. The number of hydrogen-bond acceptors (Lipinski definition) is 3. The van der Waals surface area contributed by atoms with Crippen LogP contribution in [0.25, 0.3) is 12.2 Å². The summed E-state index contributed by atoms with van der Waals surface area (Å²) >= 11 is -1.84. The van der Waals surface area contributed by atoms with Crippen LogP contribution >= 0.6 is 0 Å². The van der Waals surface area contributed by atoms with Gasteiger partial charge < -0.3 is 0 Å². The summed E-state index contributed by atoms with van der Waals surface area (Å²) in [7, 11) is 8.93. The van der Waals surface area contributed by atoms with Crippen molar-refractivity contribution in [3.05, 3.63) is 62.8 Å². The van der Waals surface area contributed by atoms with E-state index in [1.807, 2.05) is 0 Å². The van der Waals surface area contributed by atoms with E-state index in [0.717, 1.165) is 6.54 Å². The first-order chi connectivity index (χ1) is 12.7. The molecule has 27 heavy (non-hydrogen) atoms. The quantitative estimate of drug-likeness (QED) is 0.600. The molecule has 0 fully saturated rings. The van der Waals surface area contributed by atoms with Crippen LogP contribution in [0.15, 0.2) is 36.4 Å². The van der Waals surface area contributed by atoms with Gasteiger partial charge in [0.2, 0.25) is 0 Å². The Morgan fingerprint density at radius 1 is 0.926 bits per heavy atom. The van der Waals surface area contributed by atoms with E-state index in [-0.39, 0.29) is 5.54 Å². The van der Waals surface area contributed by atoms with Crippen LogP contribution in [0.2, 0.25) is 0 Å². The third-order valence-electron chi connectivity index (χ3n) is 4.61. The minimum absolute atomic E-state index is 0.123. The van der Waals surface area contributed by atoms with Gasteiger partial charge in [-0.2, -0.15) is 0 Å². The van der Waals surface area contributed by atoms with Crippen LogP contribution in [0.3, 0.4) is 0 Å². The summed E-state index contributed by atoms with van der Waals surface area (Å²) < 4.78 is 6.48. The molecule has 0 saturated heterocycles. The van der Waals surface area contributed by atoms with E-state index >= 15 is 0 Å². The molecule has 2 aromatic rings. The van der Waals surface area contributed by atoms with E-state index in [1.54, 1.807) is 3.95 Å².